The van der Waals surface area contributed by atoms with Crippen LogP contribution >= 0.6 is 0 Å². The number of nitrogens with one attached hydrogen (secondary N) is 2. The summed E-state index contributed by atoms with van der Waals surface area (Å²) in [7, 11) is 0. The van der Waals surface area contributed by atoms with Gasteiger partial charge in [0, 0.05) is 49.0 Å². The Morgan fingerprint density at radius 2 is 1.94 bits per heavy atom. The first-order valence-corrected chi connectivity index (χ1v) is 12.1. The van der Waals surface area contributed by atoms with Gasteiger partial charge in [-0.2, -0.15) is 0 Å². The van der Waals surface area contributed by atoms with Crippen LogP contribution in [0.25, 0.3) is 0 Å². The first-order chi connectivity index (χ1) is 17.0. The third kappa shape index (κ3) is 4.73. The molecule has 8 nitrogen and oxygen atoms in total. The fraction of sp³-hybridized carbons (Fsp3) is 0.370. The number of rotatable bonds is 7. The van der Waals surface area contributed by atoms with Crippen LogP contribution in [0.15, 0.2) is 61.2 Å². The van der Waals surface area contributed by atoms with Crippen molar-refractivity contribution in [2.24, 2.45) is 11.3 Å². The van der Waals surface area contributed by atoms with Gasteiger partial charge < -0.3 is 20.3 Å². The van der Waals surface area contributed by atoms with Crippen LogP contribution < -0.4 is 20.3 Å². The maximum absolute atomic E-state index is 13.0. The molecule has 3 fully saturated rings. The van der Waals surface area contributed by atoms with E-state index in [0.29, 0.717) is 49.8 Å². The molecule has 4 amide bonds. The van der Waals surface area contributed by atoms with Crippen molar-refractivity contribution >= 4 is 29.2 Å². The van der Waals surface area contributed by atoms with E-state index in [2.05, 4.69) is 17.2 Å². The highest BCUT2D eigenvalue weighted by molar-refractivity contribution is 5.98. The van der Waals surface area contributed by atoms with Crippen molar-refractivity contribution in [2.75, 3.05) is 43.0 Å². The van der Waals surface area contributed by atoms with Gasteiger partial charge in [-0.15, -0.1) is 0 Å². The fourth-order valence-corrected chi connectivity index (χ4v) is 5.18. The molecular formula is C27H30N4O4. The van der Waals surface area contributed by atoms with Crippen LogP contribution in [0.5, 0.6) is 5.75 Å². The zero-order valence-electron chi connectivity index (χ0n) is 19.7. The Morgan fingerprint density at radius 3 is 2.69 bits per heavy atom. The minimum atomic E-state index is -0.119. The molecule has 182 valence electrons. The smallest absolute Gasteiger partial charge is 0.321 e. The molecule has 3 aliphatic rings. The van der Waals surface area contributed by atoms with Crippen LogP contribution in [-0.2, 0) is 4.79 Å². The molecule has 2 N–H and O–H groups in total. The number of likely N-dealkylation sites (tertiary alicyclic amines) is 1. The number of hydrogen-bond acceptors (Lipinski definition) is 4. The van der Waals surface area contributed by atoms with Gasteiger partial charge in [-0.05, 0) is 61.1 Å². The fourth-order valence-electron chi connectivity index (χ4n) is 5.18. The molecule has 0 aromatic heterocycles. The van der Waals surface area contributed by atoms with Crippen LogP contribution in [0.1, 0.15) is 29.6 Å². The Labute approximate surface area is 204 Å². The summed E-state index contributed by atoms with van der Waals surface area (Å²) >= 11 is 0. The maximum atomic E-state index is 13.0. The van der Waals surface area contributed by atoms with Crippen LogP contribution in [0, 0.1) is 11.3 Å². The lowest BCUT2D eigenvalue weighted by Gasteiger charge is -2.33. The van der Waals surface area contributed by atoms with Crippen molar-refractivity contribution in [3.05, 3.63) is 66.7 Å². The Morgan fingerprint density at radius 1 is 1.14 bits per heavy atom. The Kier molecular flexibility index (Phi) is 6.19. The van der Waals surface area contributed by atoms with E-state index in [1.165, 1.54) is 0 Å². The SMILES string of the molecule is C=CCOc1cccc(C(=O)N2CCC3(CC2)C[C@H]3C(=O)Nc2cccc(N3CCNC3=O)c2)c1. The number of benzene rings is 2. The lowest BCUT2D eigenvalue weighted by Crippen LogP contribution is -2.40. The van der Waals surface area contributed by atoms with E-state index in [1.807, 2.05) is 41.3 Å². The van der Waals surface area contributed by atoms with Crippen molar-refractivity contribution in [2.45, 2.75) is 19.3 Å². The second-order valence-electron chi connectivity index (χ2n) is 9.46. The number of urea groups is 1. The van der Waals surface area contributed by atoms with Gasteiger partial charge in [-0.1, -0.05) is 24.8 Å². The zero-order chi connectivity index (χ0) is 24.4. The molecule has 8 heteroatoms. The summed E-state index contributed by atoms with van der Waals surface area (Å²) in [5.41, 5.74) is 2.05. The van der Waals surface area contributed by atoms with Gasteiger partial charge in [-0.3, -0.25) is 14.5 Å². The first kappa shape index (κ1) is 23.0. The van der Waals surface area contributed by atoms with Crippen LogP contribution in [0.4, 0.5) is 16.2 Å². The normalized spacial score (nSPS) is 20.3. The van der Waals surface area contributed by atoms with Crippen molar-refractivity contribution < 1.29 is 19.1 Å². The van der Waals surface area contributed by atoms with Crippen molar-refractivity contribution in [3.63, 3.8) is 0 Å². The monoisotopic (exact) mass is 474 g/mol. The van der Waals surface area contributed by atoms with E-state index in [9.17, 15) is 14.4 Å². The number of amides is 4. The van der Waals surface area contributed by atoms with Gasteiger partial charge in [-0.25, -0.2) is 4.79 Å². The standard InChI is InChI=1S/C27H30N4O4/c1-2-15-35-22-8-3-5-19(16-22)25(33)30-12-9-27(10-13-30)18-23(27)24(32)29-20-6-4-7-21(17-20)31-14-11-28-26(31)34/h2-8,16-17,23H,1,9-15,18H2,(H,28,34)(H,29,32)/t23-/m0/s1. The quantitative estimate of drug-likeness (QED) is 0.599. The molecule has 2 aromatic rings. The van der Waals surface area contributed by atoms with Gasteiger partial charge in [0.1, 0.15) is 12.4 Å². The van der Waals surface area contributed by atoms with Gasteiger partial charge in [0.15, 0.2) is 0 Å². The number of nitrogens with zero attached hydrogens (tertiary/aromatic N) is 2. The van der Waals surface area contributed by atoms with Gasteiger partial charge in [0.2, 0.25) is 5.91 Å². The van der Waals surface area contributed by atoms with E-state index in [0.717, 1.165) is 24.9 Å². The van der Waals surface area contributed by atoms with Crippen molar-refractivity contribution in [1.29, 1.82) is 0 Å². The van der Waals surface area contributed by atoms with E-state index in [1.54, 1.807) is 23.1 Å². The minimum Gasteiger partial charge on any atom is -0.490 e. The average Bonchev–Trinajstić information content (AvgIpc) is 3.40. The number of anilines is 2. The summed E-state index contributed by atoms with van der Waals surface area (Å²) in [6.45, 7) is 6.55. The third-order valence-corrected chi connectivity index (χ3v) is 7.28. The van der Waals surface area contributed by atoms with Gasteiger partial charge >= 0.3 is 6.03 Å². The maximum Gasteiger partial charge on any atom is 0.321 e. The van der Waals surface area contributed by atoms with Crippen molar-refractivity contribution in [3.8, 4) is 5.75 Å². The molecule has 2 saturated heterocycles. The van der Waals surface area contributed by atoms with E-state index < -0.39 is 0 Å². The predicted octanol–water partition coefficient (Wildman–Crippen LogP) is 3.66. The number of carbonyl (C=O) groups is 3. The minimum absolute atomic E-state index is 0.00619. The summed E-state index contributed by atoms with van der Waals surface area (Å²) in [6.07, 6.45) is 4.15. The molecule has 1 spiro atoms. The molecular weight excluding hydrogens is 444 g/mol. The summed E-state index contributed by atoms with van der Waals surface area (Å²) in [4.78, 5) is 41.5. The molecule has 0 radical (unpaired) electrons. The predicted molar refractivity (Wildman–Crippen MR) is 134 cm³/mol. The molecule has 1 saturated carbocycles. The van der Waals surface area contributed by atoms with Gasteiger partial charge in [0.25, 0.3) is 5.91 Å². The molecule has 1 atom stereocenters. The average molecular weight is 475 g/mol. The molecule has 2 aromatic carbocycles. The Hall–Kier alpha value is -3.81. The van der Waals surface area contributed by atoms with Crippen LogP contribution in [0.2, 0.25) is 0 Å². The summed E-state index contributed by atoms with van der Waals surface area (Å²) < 4.78 is 5.55. The lowest BCUT2D eigenvalue weighted by molar-refractivity contribution is -0.118. The van der Waals surface area contributed by atoms with Crippen molar-refractivity contribution in [1.82, 2.24) is 10.2 Å². The highest BCUT2D eigenvalue weighted by atomic mass is 16.5. The molecule has 1 aliphatic carbocycles. The molecule has 0 bridgehead atoms. The first-order valence-electron chi connectivity index (χ1n) is 12.1. The molecule has 0 unspecified atom stereocenters. The van der Waals surface area contributed by atoms with E-state index >= 15 is 0 Å². The Balaban J connectivity index is 1.16. The molecule has 35 heavy (non-hydrogen) atoms. The second kappa shape index (κ2) is 9.44. The molecule has 5 rings (SSSR count). The topological polar surface area (TPSA) is 91.0 Å². The van der Waals surface area contributed by atoms with E-state index in [4.69, 9.17) is 4.74 Å². The van der Waals surface area contributed by atoms with E-state index in [-0.39, 0.29) is 29.2 Å². The number of carbonyl (C=O) groups excluding carboxylic acids is 3. The molecule has 2 heterocycles. The van der Waals surface area contributed by atoms with Crippen LogP contribution in [-0.4, -0.2) is 55.5 Å². The number of piperidine rings is 1. The second-order valence-corrected chi connectivity index (χ2v) is 9.46. The zero-order valence-corrected chi connectivity index (χ0v) is 19.7. The Bertz CT molecular complexity index is 1160. The molecule has 2 aliphatic heterocycles. The van der Waals surface area contributed by atoms with Crippen LogP contribution in [0.3, 0.4) is 0 Å². The third-order valence-electron chi connectivity index (χ3n) is 7.28. The summed E-state index contributed by atoms with van der Waals surface area (Å²) in [5, 5.41) is 5.83. The summed E-state index contributed by atoms with van der Waals surface area (Å²) in [5.74, 6) is 0.611. The van der Waals surface area contributed by atoms with Gasteiger partial charge in [0.05, 0.1) is 0 Å². The highest BCUT2D eigenvalue weighted by Gasteiger charge is 2.58. The number of ether oxygens (including phenoxy) is 1. The largest absolute Gasteiger partial charge is 0.490 e. The highest BCUT2D eigenvalue weighted by Crippen LogP contribution is 2.59. The number of hydrogen-bond donors (Lipinski definition) is 2. The summed E-state index contributed by atoms with van der Waals surface area (Å²) in [6, 6.07) is 14.5. The lowest BCUT2D eigenvalue weighted by atomic mass is 9.90.